The molecule has 150 valence electrons. The van der Waals surface area contributed by atoms with Crippen molar-refractivity contribution in [1.82, 2.24) is 9.88 Å². The first-order valence-electron chi connectivity index (χ1n) is 9.15. The topological polar surface area (TPSA) is 70.5 Å². The minimum Gasteiger partial charge on any atom is -0.507 e. The second kappa shape index (κ2) is 8.30. The number of nitrogens with zero attached hydrogens (tertiary/aromatic N) is 2. The Labute approximate surface area is 183 Å². The highest BCUT2D eigenvalue weighted by Crippen LogP contribution is 2.43. The monoisotopic (exact) mass is 438 g/mol. The Hall–Kier alpha value is -3.15. The molecule has 1 amide bonds. The molecule has 2 aromatic carbocycles. The van der Waals surface area contributed by atoms with Gasteiger partial charge in [0.1, 0.15) is 5.76 Å². The number of likely N-dealkylation sites (tertiary alicyclic amines) is 1. The standard InChI is InChI=1S/C23H16Cl2N2O3/c24-16-8-9-17(18(25)11-16)20-19(21(28)15-6-2-1-3-7-15)22(29)23(30)27(20)13-14-5-4-10-26-12-14/h1-12,20,28H,13H2/b21-19+/t20-/m0/s1. The lowest BCUT2D eigenvalue weighted by Gasteiger charge is -2.26. The summed E-state index contributed by atoms with van der Waals surface area (Å²) < 4.78 is 0. The van der Waals surface area contributed by atoms with Crippen LogP contribution in [0.15, 0.2) is 78.6 Å². The molecule has 1 atom stereocenters. The normalized spacial score (nSPS) is 18.1. The summed E-state index contributed by atoms with van der Waals surface area (Å²) in [6.45, 7) is 0.133. The van der Waals surface area contributed by atoms with Gasteiger partial charge < -0.3 is 10.0 Å². The number of Topliss-reactive ketones (excluding diaryl/α,β-unsaturated/α-hetero) is 1. The smallest absolute Gasteiger partial charge is 0.295 e. The Morgan fingerprint density at radius 1 is 1.03 bits per heavy atom. The number of pyridine rings is 1. The molecule has 30 heavy (non-hydrogen) atoms. The number of halogens is 2. The van der Waals surface area contributed by atoms with Crippen LogP contribution in [0.3, 0.4) is 0 Å². The van der Waals surface area contributed by atoms with E-state index in [4.69, 9.17) is 23.2 Å². The first-order valence-corrected chi connectivity index (χ1v) is 9.90. The Morgan fingerprint density at radius 3 is 2.47 bits per heavy atom. The fourth-order valence-corrected chi connectivity index (χ4v) is 4.04. The SMILES string of the molecule is O=C1C(=O)N(Cc2cccnc2)[C@@H](c2ccc(Cl)cc2Cl)/C1=C(\O)c1ccccc1. The predicted molar refractivity (Wildman–Crippen MR) is 115 cm³/mol. The Balaban J connectivity index is 1.90. The van der Waals surface area contributed by atoms with Crippen molar-refractivity contribution in [2.45, 2.75) is 12.6 Å². The van der Waals surface area contributed by atoms with Gasteiger partial charge in [0, 0.05) is 34.5 Å². The third-order valence-electron chi connectivity index (χ3n) is 4.92. The summed E-state index contributed by atoms with van der Waals surface area (Å²) in [6, 6.07) is 16.2. The second-order valence-electron chi connectivity index (χ2n) is 6.82. The van der Waals surface area contributed by atoms with Crippen molar-refractivity contribution in [1.29, 1.82) is 0 Å². The minimum absolute atomic E-state index is 0.0145. The molecule has 1 aromatic heterocycles. The van der Waals surface area contributed by atoms with Crippen molar-refractivity contribution in [3.63, 3.8) is 0 Å². The van der Waals surface area contributed by atoms with Crippen molar-refractivity contribution in [2.75, 3.05) is 0 Å². The average Bonchev–Trinajstić information content (AvgIpc) is 2.99. The maximum Gasteiger partial charge on any atom is 0.295 e. The molecule has 1 N–H and O–H groups in total. The highest BCUT2D eigenvalue weighted by atomic mass is 35.5. The molecule has 1 fully saturated rings. The highest BCUT2D eigenvalue weighted by Gasteiger charge is 2.46. The lowest BCUT2D eigenvalue weighted by Crippen LogP contribution is -2.29. The molecule has 0 aliphatic carbocycles. The molecule has 1 aliphatic heterocycles. The summed E-state index contributed by atoms with van der Waals surface area (Å²) in [5, 5.41) is 11.7. The van der Waals surface area contributed by atoms with Crippen LogP contribution in [0.1, 0.15) is 22.7 Å². The van der Waals surface area contributed by atoms with Crippen LogP contribution in [-0.2, 0) is 16.1 Å². The Kier molecular flexibility index (Phi) is 5.57. The van der Waals surface area contributed by atoms with Gasteiger partial charge in [-0.3, -0.25) is 14.6 Å². The zero-order valence-electron chi connectivity index (χ0n) is 15.6. The number of rotatable bonds is 4. The molecule has 0 spiro atoms. The summed E-state index contributed by atoms with van der Waals surface area (Å²) in [4.78, 5) is 31.4. The van der Waals surface area contributed by atoms with E-state index >= 15 is 0 Å². The minimum atomic E-state index is -0.866. The van der Waals surface area contributed by atoms with Crippen LogP contribution >= 0.6 is 23.2 Å². The number of carbonyl (C=O) groups excluding carboxylic acids is 2. The first-order chi connectivity index (χ1) is 14.5. The number of benzene rings is 2. The largest absolute Gasteiger partial charge is 0.507 e. The van der Waals surface area contributed by atoms with Gasteiger partial charge in [0.25, 0.3) is 11.7 Å². The fourth-order valence-electron chi connectivity index (χ4n) is 3.53. The molecule has 7 heteroatoms. The lowest BCUT2D eigenvalue weighted by molar-refractivity contribution is -0.140. The number of hydrogen-bond acceptors (Lipinski definition) is 4. The van der Waals surface area contributed by atoms with Crippen molar-refractivity contribution in [3.05, 3.63) is 105 Å². The van der Waals surface area contributed by atoms with Crippen LogP contribution in [0.25, 0.3) is 5.76 Å². The molecule has 2 heterocycles. The molecule has 0 unspecified atom stereocenters. The molecule has 0 radical (unpaired) electrons. The maximum absolute atomic E-state index is 13.0. The number of aromatic nitrogens is 1. The predicted octanol–water partition coefficient (Wildman–Crippen LogP) is 5.01. The van der Waals surface area contributed by atoms with Crippen molar-refractivity contribution >= 4 is 40.7 Å². The van der Waals surface area contributed by atoms with E-state index in [-0.39, 0.29) is 17.9 Å². The third-order valence-corrected chi connectivity index (χ3v) is 5.48. The van der Waals surface area contributed by atoms with Gasteiger partial charge in [-0.25, -0.2) is 0 Å². The number of amides is 1. The summed E-state index contributed by atoms with van der Waals surface area (Å²) in [6.07, 6.45) is 3.25. The first kappa shape index (κ1) is 20.1. The van der Waals surface area contributed by atoms with Crippen molar-refractivity contribution in [3.8, 4) is 0 Å². The van der Waals surface area contributed by atoms with E-state index < -0.39 is 17.7 Å². The van der Waals surface area contributed by atoms with Crippen LogP contribution < -0.4 is 0 Å². The molecule has 4 rings (SSSR count). The number of aliphatic hydroxyl groups is 1. The summed E-state index contributed by atoms with van der Waals surface area (Å²) in [5.74, 6) is -1.73. The van der Waals surface area contributed by atoms with E-state index in [1.165, 1.54) is 4.90 Å². The second-order valence-corrected chi connectivity index (χ2v) is 7.66. The molecule has 3 aromatic rings. The van der Waals surface area contributed by atoms with Crippen molar-refractivity contribution < 1.29 is 14.7 Å². The van der Waals surface area contributed by atoms with E-state index in [1.807, 2.05) is 6.07 Å². The van der Waals surface area contributed by atoms with Gasteiger partial charge in [0.15, 0.2) is 0 Å². The summed E-state index contributed by atoms with van der Waals surface area (Å²) >= 11 is 12.5. The lowest BCUT2D eigenvalue weighted by atomic mass is 9.95. The van der Waals surface area contributed by atoms with Crippen LogP contribution in [0.4, 0.5) is 0 Å². The van der Waals surface area contributed by atoms with Crippen LogP contribution in [0.2, 0.25) is 10.0 Å². The number of ketones is 1. The van der Waals surface area contributed by atoms with E-state index in [1.54, 1.807) is 67.0 Å². The molecule has 0 bridgehead atoms. The van der Waals surface area contributed by atoms with Gasteiger partial charge in [-0.1, -0.05) is 65.7 Å². The summed E-state index contributed by atoms with van der Waals surface area (Å²) in [5.41, 5.74) is 1.67. The van der Waals surface area contributed by atoms with E-state index in [0.717, 1.165) is 5.56 Å². The van der Waals surface area contributed by atoms with Crippen LogP contribution in [0, 0.1) is 0 Å². The average molecular weight is 439 g/mol. The molecular formula is C23H16Cl2N2O3. The number of aliphatic hydroxyl groups excluding tert-OH is 1. The number of carbonyl (C=O) groups is 2. The van der Waals surface area contributed by atoms with Crippen LogP contribution in [-0.4, -0.2) is 26.7 Å². The van der Waals surface area contributed by atoms with Crippen molar-refractivity contribution in [2.24, 2.45) is 0 Å². The zero-order valence-corrected chi connectivity index (χ0v) is 17.1. The molecule has 0 saturated carbocycles. The van der Waals surface area contributed by atoms with Gasteiger partial charge in [0.05, 0.1) is 11.6 Å². The number of hydrogen-bond donors (Lipinski definition) is 1. The molecule has 1 aliphatic rings. The van der Waals surface area contributed by atoms with Gasteiger partial charge in [-0.15, -0.1) is 0 Å². The van der Waals surface area contributed by atoms with Gasteiger partial charge in [0.2, 0.25) is 0 Å². The molecular weight excluding hydrogens is 423 g/mol. The Bertz CT molecular complexity index is 1150. The zero-order chi connectivity index (χ0) is 21.3. The van der Waals surface area contributed by atoms with Gasteiger partial charge in [-0.2, -0.15) is 0 Å². The summed E-state index contributed by atoms with van der Waals surface area (Å²) in [7, 11) is 0. The van der Waals surface area contributed by atoms with Gasteiger partial charge >= 0.3 is 0 Å². The van der Waals surface area contributed by atoms with E-state index in [9.17, 15) is 14.7 Å². The van der Waals surface area contributed by atoms with E-state index in [0.29, 0.717) is 21.2 Å². The van der Waals surface area contributed by atoms with Gasteiger partial charge in [-0.05, 0) is 29.3 Å². The third kappa shape index (κ3) is 3.70. The fraction of sp³-hybridized carbons (Fsp3) is 0.0870. The quantitative estimate of drug-likeness (QED) is 0.353. The highest BCUT2D eigenvalue weighted by molar-refractivity contribution is 6.47. The van der Waals surface area contributed by atoms with E-state index in [2.05, 4.69) is 4.98 Å². The van der Waals surface area contributed by atoms with Crippen LogP contribution in [0.5, 0.6) is 0 Å². The molecule has 5 nitrogen and oxygen atoms in total. The molecule has 1 saturated heterocycles. The maximum atomic E-state index is 13.0. The Morgan fingerprint density at radius 2 is 1.80 bits per heavy atom.